The van der Waals surface area contributed by atoms with Gasteiger partial charge in [-0.15, -0.1) is 0 Å². The molecule has 0 bridgehead atoms. The highest BCUT2D eigenvalue weighted by Crippen LogP contribution is 2.21. The summed E-state index contributed by atoms with van der Waals surface area (Å²) >= 11 is 0. The largest absolute Gasteiger partial charge is 0.480 e. The molecule has 7 heteroatoms. The van der Waals surface area contributed by atoms with E-state index < -0.39 is 24.6 Å². The summed E-state index contributed by atoms with van der Waals surface area (Å²) in [5, 5.41) is 20.1. The Labute approximate surface area is 112 Å². The normalized spacial score (nSPS) is 25.5. The van der Waals surface area contributed by atoms with Gasteiger partial charge in [-0.25, -0.2) is 9.59 Å². The number of nitrogens with one attached hydrogen (secondary N) is 1. The second-order valence-corrected chi connectivity index (χ2v) is 5.15. The Hall–Kier alpha value is -1.34. The van der Waals surface area contributed by atoms with E-state index in [2.05, 4.69) is 10.2 Å². The molecule has 108 valence electrons. The van der Waals surface area contributed by atoms with Crippen LogP contribution in [0.25, 0.3) is 0 Å². The molecule has 2 amide bonds. The van der Waals surface area contributed by atoms with Crippen LogP contribution < -0.4 is 5.32 Å². The van der Waals surface area contributed by atoms with Crippen molar-refractivity contribution in [2.24, 2.45) is 0 Å². The van der Waals surface area contributed by atoms with Gasteiger partial charge in [-0.2, -0.15) is 0 Å². The number of carboxylic acid groups (broad SMARTS) is 1. The molecule has 1 unspecified atom stereocenters. The maximum atomic E-state index is 12.0. The Kier molecular flexibility index (Phi) is 4.60. The number of nitrogens with zero attached hydrogens (tertiary/aromatic N) is 2. The lowest BCUT2D eigenvalue weighted by atomic mass is 10.2. The third kappa shape index (κ3) is 3.36. The van der Waals surface area contributed by atoms with E-state index in [9.17, 15) is 9.59 Å². The fourth-order valence-corrected chi connectivity index (χ4v) is 2.82. The number of hydrogen-bond acceptors (Lipinski definition) is 4. The summed E-state index contributed by atoms with van der Waals surface area (Å²) < 4.78 is 0. The highest BCUT2D eigenvalue weighted by molar-refractivity contribution is 5.82. The monoisotopic (exact) mass is 271 g/mol. The Balaban J connectivity index is 1.92. The van der Waals surface area contributed by atoms with Crippen LogP contribution in [0.4, 0.5) is 4.79 Å². The first-order chi connectivity index (χ1) is 9.11. The topological polar surface area (TPSA) is 93.1 Å². The fourth-order valence-electron chi connectivity index (χ4n) is 2.82. The van der Waals surface area contributed by atoms with Gasteiger partial charge in [0.25, 0.3) is 0 Å². The standard InChI is InChI=1S/C12H21N3O4/c16-8-10(11(17)18)13-12(19)15-6-2-5-14-4-1-3-9(14)7-15/h9-10,16H,1-8H2,(H,13,19)(H,17,18)/t9?,10-/m1/s1. The van der Waals surface area contributed by atoms with Crippen molar-refractivity contribution in [3.63, 3.8) is 0 Å². The zero-order valence-electron chi connectivity index (χ0n) is 10.9. The number of carbonyl (C=O) groups excluding carboxylic acids is 1. The van der Waals surface area contributed by atoms with Gasteiger partial charge in [0, 0.05) is 25.7 Å². The van der Waals surface area contributed by atoms with Crippen molar-refractivity contribution >= 4 is 12.0 Å². The van der Waals surface area contributed by atoms with Crippen LogP contribution in [0.15, 0.2) is 0 Å². The number of rotatable bonds is 3. The Bertz CT molecular complexity index is 350. The van der Waals surface area contributed by atoms with E-state index >= 15 is 0 Å². The SMILES string of the molecule is O=C(O)[C@@H](CO)NC(=O)N1CCCN2CCCC2C1. The third-order valence-corrected chi connectivity index (χ3v) is 3.87. The summed E-state index contributed by atoms with van der Waals surface area (Å²) in [5.41, 5.74) is 0. The fraction of sp³-hybridized carbons (Fsp3) is 0.833. The molecule has 2 atom stereocenters. The van der Waals surface area contributed by atoms with Crippen molar-refractivity contribution in [1.29, 1.82) is 0 Å². The summed E-state index contributed by atoms with van der Waals surface area (Å²) in [6.45, 7) is 2.77. The Morgan fingerprint density at radius 2 is 2.00 bits per heavy atom. The van der Waals surface area contributed by atoms with Gasteiger partial charge < -0.3 is 20.4 Å². The molecule has 2 fully saturated rings. The van der Waals surface area contributed by atoms with Crippen molar-refractivity contribution in [2.75, 3.05) is 32.8 Å². The number of aliphatic hydroxyl groups is 1. The lowest BCUT2D eigenvalue weighted by molar-refractivity contribution is -0.140. The zero-order valence-corrected chi connectivity index (χ0v) is 10.9. The van der Waals surface area contributed by atoms with Crippen LogP contribution in [0.1, 0.15) is 19.3 Å². The second kappa shape index (κ2) is 6.21. The molecule has 19 heavy (non-hydrogen) atoms. The molecule has 2 rings (SSSR count). The molecule has 0 aliphatic carbocycles. The lowest BCUT2D eigenvalue weighted by Crippen LogP contribution is -2.51. The first kappa shape index (κ1) is 14.1. The Morgan fingerprint density at radius 1 is 1.26 bits per heavy atom. The summed E-state index contributed by atoms with van der Waals surface area (Å²) in [6, 6.07) is -1.23. The van der Waals surface area contributed by atoms with E-state index in [1.807, 2.05) is 0 Å². The minimum absolute atomic E-state index is 0.393. The molecule has 2 aliphatic heterocycles. The predicted octanol–water partition coefficient (Wildman–Crippen LogP) is -0.688. The number of aliphatic hydroxyl groups excluding tert-OH is 1. The molecule has 0 aromatic heterocycles. The summed E-state index contributed by atoms with van der Waals surface area (Å²) in [6.07, 6.45) is 3.15. The average molecular weight is 271 g/mol. The van der Waals surface area contributed by atoms with E-state index in [1.165, 1.54) is 0 Å². The van der Waals surface area contributed by atoms with Crippen LogP contribution in [0.2, 0.25) is 0 Å². The average Bonchev–Trinajstić information content (AvgIpc) is 2.72. The van der Waals surface area contributed by atoms with Crippen molar-refractivity contribution < 1.29 is 19.8 Å². The zero-order chi connectivity index (χ0) is 13.8. The number of amides is 2. The van der Waals surface area contributed by atoms with Crippen molar-refractivity contribution in [3.05, 3.63) is 0 Å². The first-order valence-electron chi connectivity index (χ1n) is 6.75. The second-order valence-electron chi connectivity index (χ2n) is 5.15. The molecule has 2 aliphatic rings. The first-order valence-corrected chi connectivity index (χ1v) is 6.75. The molecule has 2 saturated heterocycles. The smallest absolute Gasteiger partial charge is 0.328 e. The van der Waals surface area contributed by atoms with Crippen LogP contribution >= 0.6 is 0 Å². The molecule has 7 nitrogen and oxygen atoms in total. The van der Waals surface area contributed by atoms with Gasteiger partial charge in [0.1, 0.15) is 0 Å². The summed E-state index contributed by atoms with van der Waals surface area (Å²) in [4.78, 5) is 26.9. The molecule has 0 spiro atoms. The van der Waals surface area contributed by atoms with E-state index in [0.717, 1.165) is 32.4 Å². The van der Waals surface area contributed by atoms with Crippen LogP contribution in [0.3, 0.4) is 0 Å². The van der Waals surface area contributed by atoms with Crippen LogP contribution in [0, 0.1) is 0 Å². The van der Waals surface area contributed by atoms with Gasteiger partial charge in [-0.1, -0.05) is 0 Å². The maximum Gasteiger partial charge on any atom is 0.328 e. The number of urea groups is 1. The summed E-state index contributed by atoms with van der Waals surface area (Å²) in [5.74, 6) is -1.21. The van der Waals surface area contributed by atoms with Crippen molar-refractivity contribution in [3.8, 4) is 0 Å². The lowest BCUT2D eigenvalue weighted by Gasteiger charge is -2.26. The number of aliphatic carboxylic acids is 1. The molecular weight excluding hydrogens is 250 g/mol. The van der Waals surface area contributed by atoms with Crippen LogP contribution in [-0.2, 0) is 4.79 Å². The number of carboxylic acids is 1. The minimum Gasteiger partial charge on any atom is -0.480 e. The van der Waals surface area contributed by atoms with Gasteiger partial charge in [0.05, 0.1) is 6.61 Å². The highest BCUT2D eigenvalue weighted by Gasteiger charge is 2.31. The van der Waals surface area contributed by atoms with Crippen molar-refractivity contribution in [2.45, 2.75) is 31.3 Å². The number of hydrogen-bond donors (Lipinski definition) is 3. The van der Waals surface area contributed by atoms with E-state index in [4.69, 9.17) is 10.2 Å². The molecule has 2 heterocycles. The van der Waals surface area contributed by atoms with E-state index in [1.54, 1.807) is 4.90 Å². The highest BCUT2D eigenvalue weighted by atomic mass is 16.4. The molecule has 0 radical (unpaired) electrons. The number of fused-ring (bicyclic) bond motifs is 1. The van der Waals surface area contributed by atoms with Gasteiger partial charge in [-0.3, -0.25) is 4.90 Å². The van der Waals surface area contributed by atoms with Crippen molar-refractivity contribution in [1.82, 2.24) is 15.1 Å². The minimum atomic E-state index is -1.23. The van der Waals surface area contributed by atoms with E-state index in [0.29, 0.717) is 19.1 Å². The molecule has 0 aromatic carbocycles. The van der Waals surface area contributed by atoms with Gasteiger partial charge >= 0.3 is 12.0 Å². The Morgan fingerprint density at radius 3 is 2.68 bits per heavy atom. The van der Waals surface area contributed by atoms with Gasteiger partial charge in [0.15, 0.2) is 6.04 Å². The molecule has 3 N–H and O–H groups in total. The van der Waals surface area contributed by atoms with Crippen LogP contribution in [-0.4, -0.2) is 76.9 Å². The molecule has 0 saturated carbocycles. The summed E-state index contributed by atoms with van der Waals surface area (Å²) in [7, 11) is 0. The maximum absolute atomic E-state index is 12.0. The third-order valence-electron chi connectivity index (χ3n) is 3.87. The van der Waals surface area contributed by atoms with Gasteiger partial charge in [0.2, 0.25) is 0 Å². The molecular formula is C12H21N3O4. The molecule has 0 aromatic rings. The van der Waals surface area contributed by atoms with Gasteiger partial charge in [-0.05, 0) is 25.8 Å². The quantitative estimate of drug-likeness (QED) is 0.632. The predicted molar refractivity (Wildman–Crippen MR) is 67.8 cm³/mol. The van der Waals surface area contributed by atoms with E-state index in [-0.39, 0.29) is 0 Å². The van der Waals surface area contributed by atoms with Crippen LogP contribution in [0.5, 0.6) is 0 Å². The number of carbonyl (C=O) groups is 2.